The Hall–Kier alpha value is -2.57. The summed E-state index contributed by atoms with van der Waals surface area (Å²) >= 11 is 0. The van der Waals surface area contributed by atoms with Crippen molar-refractivity contribution < 1.29 is 19.5 Å². The number of carboxylic acids is 1. The molecule has 0 unspecified atom stereocenters. The van der Waals surface area contributed by atoms with Gasteiger partial charge in [0, 0.05) is 30.9 Å². The third kappa shape index (κ3) is 4.20. The minimum atomic E-state index is -0.968. The Morgan fingerprint density at radius 2 is 2.14 bits per heavy atom. The fraction of sp³-hybridized carbons (Fsp3) is 0.357. The van der Waals surface area contributed by atoms with Crippen LogP contribution in [-0.4, -0.2) is 36.1 Å². The van der Waals surface area contributed by atoms with Crippen LogP contribution in [0.15, 0.2) is 24.3 Å². The molecule has 7 heteroatoms. The molecule has 0 aromatic heterocycles. The third-order valence-electron chi connectivity index (χ3n) is 3.11. The van der Waals surface area contributed by atoms with Gasteiger partial charge in [0.1, 0.15) is 0 Å². The van der Waals surface area contributed by atoms with Crippen molar-refractivity contribution in [2.24, 2.45) is 0 Å². The van der Waals surface area contributed by atoms with Crippen LogP contribution in [0.25, 0.3) is 0 Å². The summed E-state index contributed by atoms with van der Waals surface area (Å²) in [5.74, 6) is -0.886. The number of hydrogen-bond acceptors (Lipinski definition) is 3. The van der Waals surface area contributed by atoms with E-state index in [1.807, 2.05) is 6.07 Å². The highest BCUT2D eigenvalue weighted by Crippen LogP contribution is 2.24. The molecule has 112 valence electrons. The Kier molecular flexibility index (Phi) is 4.76. The molecule has 0 bridgehead atoms. The molecule has 1 fully saturated rings. The van der Waals surface area contributed by atoms with E-state index in [2.05, 4.69) is 10.6 Å². The lowest BCUT2D eigenvalue weighted by Gasteiger charge is -2.16. The van der Waals surface area contributed by atoms with Crippen molar-refractivity contribution in [3.63, 3.8) is 0 Å². The lowest BCUT2D eigenvalue weighted by molar-refractivity contribution is -0.136. The summed E-state index contributed by atoms with van der Waals surface area (Å²) in [5.41, 5.74) is 1.31. The average molecular weight is 291 g/mol. The van der Waals surface area contributed by atoms with Gasteiger partial charge in [0.15, 0.2) is 0 Å². The van der Waals surface area contributed by atoms with Gasteiger partial charge in [-0.25, -0.2) is 4.79 Å². The quantitative estimate of drug-likeness (QED) is 0.763. The first-order valence-corrected chi connectivity index (χ1v) is 6.73. The molecule has 1 saturated heterocycles. The summed E-state index contributed by atoms with van der Waals surface area (Å²) in [6.07, 6.45) is 1.26. The maximum Gasteiger partial charge on any atom is 0.319 e. The lowest BCUT2D eigenvalue weighted by Crippen LogP contribution is -2.30. The van der Waals surface area contributed by atoms with E-state index in [9.17, 15) is 14.4 Å². The molecule has 0 atom stereocenters. The molecule has 1 aromatic rings. The predicted molar refractivity (Wildman–Crippen MR) is 77.3 cm³/mol. The van der Waals surface area contributed by atoms with E-state index in [4.69, 9.17) is 5.11 Å². The molecule has 3 N–H and O–H groups in total. The normalized spacial score (nSPS) is 14.1. The summed E-state index contributed by atoms with van der Waals surface area (Å²) in [4.78, 5) is 35.3. The number of carboxylic acid groups (broad SMARTS) is 1. The molecule has 1 heterocycles. The van der Waals surface area contributed by atoms with E-state index in [-0.39, 0.29) is 18.9 Å². The molecule has 1 aliphatic heterocycles. The number of aliphatic carboxylic acids is 1. The smallest absolute Gasteiger partial charge is 0.319 e. The minimum Gasteiger partial charge on any atom is -0.481 e. The number of hydrogen-bond donors (Lipinski definition) is 3. The van der Waals surface area contributed by atoms with Crippen molar-refractivity contribution in [1.82, 2.24) is 5.32 Å². The van der Waals surface area contributed by atoms with Crippen LogP contribution >= 0.6 is 0 Å². The number of urea groups is 1. The Morgan fingerprint density at radius 1 is 1.33 bits per heavy atom. The first kappa shape index (κ1) is 14.8. The average Bonchev–Trinajstić information content (AvgIpc) is 2.85. The predicted octanol–water partition coefficient (Wildman–Crippen LogP) is 1.41. The fourth-order valence-corrected chi connectivity index (χ4v) is 2.13. The standard InChI is InChI=1S/C14H17N3O4/c18-12-5-2-8-17(12)11-4-1-3-10(9-11)16-14(21)15-7-6-13(19)20/h1,3-4,9H,2,5-8H2,(H,19,20)(H2,15,16,21). The van der Waals surface area contributed by atoms with Crippen LogP contribution in [0, 0.1) is 0 Å². The van der Waals surface area contributed by atoms with Gasteiger partial charge in [0.05, 0.1) is 6.42 Å². The number of nitrogens with zero attached hydrogens (tertiary/aromatic N) is 1. The van der Waals surface area contributed by atoms with Gasteiger partial charge in [0.25, 0.3) is 0 Å². The molecule has 1 aliphatic rings. The van der Waals surface area contributed by atoms with E-state index in [1.54, 1.807) is 23.1 Å². The number of anilines is 2. The Morgan fingerprint density at radius 3 is 2.81 bits per heavy atom. The van der Waals surface area contributed by atoms with E-state index >= 15 is 0 Å². The van der Waals surface area contributed by atoms with Gasteiger partial charge in [-0.05, 0) is 24.6 Å². The maximum atomic E-state index is 11.7. The summed E-state index contributed by atoms with van der Waals surface area (Å²) in [6.45, 7) is 0.749. The van der Waals surface area contributed by atoms with Crippen LogP contribution in [0.3, 0.4) is 0 Å². The first-order valence-electron chi connectivity index (χ1n) is 6.73. The molecule has 2 rings (SSSR count). The third-order valence-corrected chi connectivity index (χ3v) is 3.11. The largest absolute Gasteiger partial charge is 0.481 e. The lowest BCUT2D eigenvalue weighted by atomic mass is 10.2. The van der Waals surface area contributed by atoms with E-state index < -0.39 is 12.0 Å². The van der Waals surface area contributed by atoms with Crippen LogP contribution in [0.2, 0.25) is 0 Å². The topological polar surface area (TPSA) is 98.7 Å². The van der Waals surface area contributed by atoms with Crippen LogP contribution < -0.4 is 15.5 Å². The van der Waals surface area contributed by atoms with Gasteiger partial charge >= 0.3 is 12.0 Å². The van der Waals surface area contributed by atoms with Gasteiger partial charge in [-0.2, -0.15) is 0 Å². The molecule has 3 amide bonds. The van der Waals surface area contributed by atoms with Gasteiger partial charge in [0.2, 0.25) is 5.91 Å². The molecule has 0 saturated carbocycles. The van der Waals surface area contributed by atoms with Gasteiger partial charge < -0.3 is 20.6 Å². The zero-order valence-electron chi connectivity index (χ0n) is 11.5. The fourth-order valence-electron chi connectivity index (χ4n) is 2.13. The highest BCUT2D eigenvalue weighted by Gasteiger charge is 2.21. The van der Waals surface area contributed by atoms with Crippen LogP contribution in [-0.2, 0) is 9.59 Å². The molecule has 0 radical (unpaired) electrons. The monoisotopic (exact) mass is 291 g/mol. The van der Waals surface area contributed by atoms with E-state index in [0.717, 1.165) is 12.1 Å². The zero-order chi connectivity index (χ0) is 15.2. The first-order chi connectivity index (χ1) is 10.1. The number of benzene rings is 1. The summed E-state index contributed by atoms with van der Waals surface area (Å²) < 4.78 is 0. The van der Waals surface area contributed by atoms with Crippen LogP contribution in [0.5, 0.6) is 0 Å². The molecular formula is C14H17N3O4. The molecular weight excluding hydrogens is 274 g/mol. The highest BCUT2D eigenvalue weighted by atomic mass is 16.4. The van der Waals surface area contributed by atoms with E-state index in [1.165, 1.54) is 0 Å². The minimum absolute atomic E-state index is 0.0610. The number of carbonyl (C=O) groups is 3. The molecule has 1 aromatic carbocycles. The van der Waals surface area contributed by atoms with Crippen molar-refractivity contribution in [3.05, 3.63) is 24.3 Å². The van der Waals surface area contributed by atoms with Gasteiger partial charge in [-0.3, -0.25) is 9.59 Å². The van der Waals surface area contributed by atoms with Crippen LogP contribution in [0.4, 0.5) is 16.2 Å². The summed E-state index contributed by atoms with van der Waals surface area (Å²) in [6, 6.07) is 6.53. The number of carbonyl (C=O) groups excluding carboxylic acids is 2. The Balaban J connectivity index is 1.93. The second kappa shape index (κ2) is 6.74. The van der Waals surface area contributed by atoms with Crippen molar-refractivity contribution >= 4 is 29.3 Å². The Bertz CT molecular complexity index is 559. The summed E-state index contributed by atoms with van der Waals surface area (Å²) in [5, 5.41) is 13.6. The maximum absolute atomic E-state index is 11.7. The molecule has 7 nitrogen and oxygen atoms in total. The molecule has 0 aliphatic carbocycles. The summed E-state index contributed by atoms with van der Waals surface area (Å²) in [7, 11) is 0. The number of rotatable bonds is 5. The van der Waals surface area contributed by atoms with Crippen LogP contribution in [0.1, 0.15) is 19.3 Å². The Labute approximate surface area is 121 Å². The van der Waals surface area contributed by atoms with Gasteiger partial charge in [-0.1, -0.05) is 6.07 Å². The second-order valence-corrected chi connectivity index (χ2v) is 4.72. The second-order valence-electron chi connectivity index (χ2n) is 4.72. The molecule has 21 heavy (non-hydrogen) atoms. The highest BCUT2D eigenvalue weighted by molar-refractivity contribution is 5.96. The van der Waals surface area contributed by atoms with Crippen molar-refractivity contribution in [3.8, 4) is 0 Å². The van der Waals surface area contributed by atoms with Crippen molar-refractivity contribution in [2.45, 2.75) is 19.3 Å². The van der Waals surface area contributed by atoms with Gasteiger partial charge in [-0.15, -0.1) is 0 Å². The number of nitrogens with one attached hydrogen (secondary N) is 2. The van der Waals surface area contributed by atoms with Crippen molar-refractivity contribution in [1.29, 1.82) is 0 Å². The van der Waals surface area contributed by atoms with Crippen molar-refractivity contribution in [2.75, 3.05) is 23.3 Å². The zero-order valence-corrected chi connectivity index (χ0v) is 11.5. The molecule has 0 spiro atoms. The van der Waals surface area contributed by atoms with E-state index in [0.29, 0.717) is 18.7 Å². The number of amides is 3. The SMILES string of the molecule is O=C(O)CCNC(=O)Nc1cccc(N2CCCC2=O)c1.